The molecule has 0 fully saturated rings. The van der Waals surface area contributed by atoms with Crippen LogP contribution in [0.3, 0.4) is 0 Å². The number of aliphatic hydroxyl groups excluding tert-OH is 1. The lowest BCUT2D eigenvalue weighted by Gasteiger charge is -2.20. The summed E-state index contributed by atoms with van der Waals surface area (Å²) in [4.78, 5) is 12.2. The van der Waals surface area contributed by atoms with Gasteiger partial charge in [0.2, 0.25) is 0 Å². The van der Waals surface area contributed by atoms with Crippen LogP contribution in [-0.4, -0.2) is 23.7 Å². The minimum Gasteiger partial charge on any atom is -0.393 e. The molecule has 0 aliphatic carbocycles. The van der Waals surface area contributed by atoms with Crippen molar-refractivity contribution >= 4 is 17.5 Å². The third-order valence-electron chi connectivity index (χ3n) is 3.60. The number of carbonyl (C=O) groups is 1. The fourth-order valence-corrected chi connectivity index (χ4v) is 2.68. The van der Waals surface area contributed by atoms with Crippen LogP contribution in [0.1, 0.15) is 35.2 Å². The summed E-state index contributed by atoms with van der Waals surface area (Å²) >= 11 is 5.83. The second-order valence-electron chi connectivity index (χ2n) is 5.50. The average molecular weight is 336 g/mol. The molecule has 0 aliphatic heterocycles. The number of benzene rings is 2. The zero-order valence-electron chi connectivity index (χ0n) is 12.8. The molecular formula is C18H19ClFNO2. The molecule has 2 rings (SSSR count). The van der Waals surface area contributed by atoms with Gasteiger partial charge in [0.15, 0.2) is 0 Å². The lowest BCUT2D eigenvalue weighted by Crippen LogP contribution is -2.30. The van der Waals surface area contributed by atoms with Gasteiger partial charge in [-0.2, -0.15) is 0 Å². The van der Waals surface area contributed by atoms with E-state index in [-0.39, 0.29) is 16.5 Å². The monoisotopic (exact) mass is 335 g/mol. The highest BCUT2D eigenvalue weighted by Crippen LogP contribution is 2.22. The van der Waals surface area contributed by atoms with Crippen molar-refractivity contribution in [3.63, 3.8) is 0 Å². The molecular weight excluding hydrogens is 317 g/mol. The maximum atomic E-state index is 13.4. The first-order valence-corrected chi connectivity index (χ1v) is 7.82. The number of carbonyl (C=O) groups excluding carboxylic acids is 1. The molecule has 3 nitrogen and oxygen atoms in total. The third-order valence-corrected chi connectivity index (χ3v) is 3.99. The fourth-order valence-electron chi connectivity index (χ4n) is 2.46. The molecule has 0 bridgehead atoms. The highest BCUT2D eigenvalue weighted by Gasteiger charge is 2.18. The Morgan fingerprint density at radius 2 is 1.91 bits per heavy atom. The maximum Gasteiger partial charge on any atom is 0.252 e. The number of halogens is 2. The molecule has 0 aromatic heterocycles. The fraction of sp³-hybridized carbons (Fsp3) is 0.278. The summed E-state index contributed by atoms with van der Waals surface area (Å²) in [5.74, 6) is -1.09. The molecule has 0 saturated carbocycles. The summed E-state index contributed by atoms with van der Waals surface area (Å²) < 4.78 is 13.4. The van der Waals surface area contributed by atoms with E-state index < -0.39 is 17.8 Å². The summed E-state index contributed by atoms with van der Waals surface area (Å²) in [6, 6.07) is 13.8. The molecule has 5 heteroatoms. The van der Waals surface area contributed by atoms with Crippen molar-refractivity contribution < 1.29 is 14.3 Å². The minimum absolute atomic E-state index is 0.0347. The first-order chi connectivity index (χ1) is 11.0. The van der Waals surface area contributed by atoms with Crippen LogP contribution in [0.2, 0.25) is 5.02 Å². The lowest BCUT2D eigenvalue weighted by molar-refractivity contribution is 0.0945. The molecule has 2 unspecified atom stereocenters. The number of aliphatic hydroxyl groups is 1. The molecule has 2 N–H and O–H groups in total. The number of hydrogen-bond acceptors (Lipinski definition) is 2. The lowest BCUT2D eigenvalue weighted by atomic mass is 9.93. The molecule has 2 atom stereocenters. The van der Waals surface area contributed by atoms with E-state index in [0.717, 1.165) is 5.56 Å². The van der Waals surface area contributed by atoms with Crippen molar-refractivity contribution in [3.8, 4) is 0 Å². The molecule has 2 aromatic rings. The van der Waals surface area contributed by atoms with E-state index in [0.29, 0.717) is 13.0 Å². The van der Waals surface area contributed by atoms with Crippen LogP contribution in [0, 0.1) is 5.82 Å². The summed E-state index contributed by atoms with van der Waals surface area (Å²) in [5, 5.41) is 12.2. The van der Waals surface area contributed by atoms with Crippen LogP contribution < -0.4 is 5.32 Å². The van der Waals surface area contributed by atoms with E-state index in [9.17, 15) is 14.3 Å². The van der Waals surface area contributed by atoms with Gasteiger partial charge in [0, 0.05) is 12.5 Å². The molecule has 2 aromatic carbocycles. The van der Waals surface area contributed by atoms with Crippen molar-refractivity contribution in [2.45, 2.75) is 25.4 Å². The molecule has 122 valence electrons. The van der Waals surface area contributed by atoms with Gasteiger partial charge in [-0.05, 0) is 31.0 Å². The van der Waals surface area contributed by atoms with Gasteiger partial charge < -0.3 is 10.4 Å². The molecule has 1 amide bonds. The minimum atomic E-state index is -0.622. The highest BCUT2D eigenvalue weighted by molar-refractivity contribution is 6.34. The van der Waals surface area contributed by atoms with Crippen molar-refractivity contribution in [1.82, 2.24) is 5.32 Å². The van der Waals surface area contributed by atoms with Gasteiger partial charge in [-0.3, -0.25) is 4.79 Å². The molecule has 0 spiro atoms. The standard InChI is InChI=1S/C18H19ClFNO2/c1-12(22)10-14(13-6-3-2-4-7-13)11-21-18(23)15-8-5-9-16(20)17(15)19/h2-9,12,14,22H,10-11H2,1H3,(H,21,23). The first kappa shape index (κ1) is 17.4. The zero-order chi connectivity index (χ0) is 16.8. The Labute approximate surface area is 140 Å². The van der Waals surface area contributed by atoms with E-state index >= 15 is 0 Å². The summed E-state index contributed by atoms with van der Waals surface area (Å²) in [5.41, 5.74) is 1.13. The van der Waals surface area contributed by atoms with E-state index in [1.807, 2.05) is 30.3 Å². The molecule has 0 saturated heterocycles. The Morgan fingerprint density at radius 3 is 2.57 bits per heavy atom. The van der Waals surface area contributed by atoms with Gasteiger partial charge in [0.25, 0.3) is 5.91 Å². The summed E-state index contributed by atoms with van der Waals surface area (Å²) in [6.45, 7) is 2.04. The Bertz CT molecular complexity index is 661. The third kappa shape index (κ3) is 4.78. The van der Waals surface area contributed by atoms with Gasteiger partial charge in [0.1, 0.15) is 5.82 Å². The van der Waals surface area contributed by atoms with Gasteiger partial charge in [-0.25, -0.2) is 4.39 Å². The normalized spacial score (nSPS) is 13.4. The topological polar surface area (TPSA) is 49.3 Å². The van der Waals surface area contributed by atoms with Crippen LogP contribution in [-0.2, 0) is 0 Å². The quantitative estimate of drug-likeness (QED) is 0.844. The van der Waals surface area contributed by atoms with Crippen molar-refractivity contribution in [1.29, 1.82) is 0 Å². The number of hydrogen-bond donors (Lipinski definition) is 2. The highest BCUT2D eigenvalue weighted by atomic mass is 35.5. The van der Waals surface area contributed by atoms with Crippen molar-refractivity contribution in [2.24, 2.45) is 0 Å². The Kier molecular flexibility index (Phi) is 6.13. The summed E-state index contributed by atoms with van der Waals surface area (Å²) in [6.07, 6.45) is 0.0242. The Morgan fingerprint density at radius 1 is 1.22 bits per heavy atom. The maximum absolute atomic E-state index is 13.4. The van der Waals surface area contributed by atoms with Crippen LogP contribution in [0.5, 0.6) is 0 Å². The largest absolute Gasteiger partial charge is 0.393 e. The predicted octanol–water partition coefficient (Wildman–Crippen LogP) is 3.76. The SMILES string of the molecule is CC(O)CC(CNC(=O)c1cccc(F)c1Cl)c1ccccc1. The van der Waals surface area contributed by atoms with Crippen LogP contribution >= 0.6 is 11.6 Å². The molecule has 0 aliphatic rings. The smallest absolute Gasteiger partial charge is 0.252 e. The number of amides is 1. The molecule has 0 radical (unpaired) electrons. The van der Waals surface area contributed by atoms with Crippen molar-refractivity contribution in [2.75, 3.05) is 6.54 Å². The first-order valence-electron chi connectivity index (χ1n) is 7.44. The van der Waals surface area contributed by atoms with E-state index in [1.165, 1.54) is 18.2 Å². The van der Waals surface area contributed by atoms with Crippen molar-refractivity contribution in [3.05, 3.63) is 70.5 Å². The Hall–Kier alpha value is -1.91. The second kappa shape index (κ2) is 8.09. The van der Waals surface area contributed by atoms with Gasteiger partial charge in [0.05, 0.1) is 16.7 Å². The van der Waals surface area contributed by atoms with Gasteiger partial charge in [-0.15, -0.1) is 0 Å². The Balaban J connectivity index is 2.09. The second-order valence-corrected chi connectivity index (χ2v) is 5.88. The van der Waals surface area contributed by atoms with E-state index in [4.69, 9.17) is 11.6 Å². The average Bonchev–Trinajstić information content (AvgIpc) is 2.54. The van der Waals surface area contributed by atoms with Gasteiger partial charge >= 0.3 is 0 Å². The van der Waals surface area contributed by atoms with Crippen LogP contribution in [0.4, 0.5) is 4.39 Å². The van der Waals surface area contributed by atoms with Crippen LogP contribution in [0.25, 0.3) is 0 Å². The molecule has 0 heterocycles. The van der Waals surface area contributed by atoms with E-state index in [2.05, 4.69) is 5.32 Å². The van der Waals surface area contributed by atoms with Crippen LogP contribution in [0.15, 0.2) is 48.5 Å². The number of rotatable bonds is 6. The molecule has 23 heavy (non-hydrogen) atoms. The van der Waals surface area contributed by atoms with E-state index in [1.54, 1.807) is 6.92 Å². The number of nitrogens with one attached hydrogen (secondary N) is 1. The zero-order valence-corrected chi connectivity index (χ0v) is 13.6. The predicted molar refractivity (Wildman–Crippen MR) is 89.2 cm³/mol. The summed E-state index contributed by atoms with van der Waals surface area (Å²) in [7, 11) is 0. The van der Waals surface area contributed by atoms with Gasteiger partial charge in [-0.1, -0.05) is 48.0 Å².